The first-order valence-electron chi connectivity index (χ1n) is 5.86. The molecule has 0 unspecified atom stereocenters. The number of hydrogen-bond donors (Lipinski definition) is 5. The fraction of sp³-hybridized carbons (Fsp3) is 0.500. The highest BCUT2D eigenvalue weighted by Crippen LogP contribution is 2.24. The van der Waals surface area contributed by atoms with Gasteiger partial charge in [-0.2, -0.15) is 0 Å². The van der Waals surface area contributed by atoms with Crippen molar-refractivity contribution in [3.63, 3.8) is 0 Å². The van der Waals surface area contributed by atoms with Crippen LogP contribution in [0, 0.1) is 0 Å². The molecule has 0 radical (unpaired) electrons. The average Bonchev–Trinajstić information content (AvgIpc) is 2.42. The van der Waals surface area contributed by atoms with Gasteiger partial charge in [0.2, 0.25) is 6.29 Å². The maximum Gasteiger partial charge on any atom is 0.218 e. The Bertz CT molecular complexity index is 409. The molecule has 0 bridgehead atoms. The average molecular weight is 271 g/mol. The van der Waals surface area contributed by atoms with Gasteiger partial charge in [0.15, 0.2) is 0 Å². The highest BCUT2D eigenvalue weighted by atomic mass is 16.7. The van der Waals surface area contributed by atoms with Crippen LogP contribution in [-0.2, 0) is 4.74 Å². The van der Waals surface area contributed by atoms with Crippen molar-refractivity contribution in [3.05, 3.63) is 24.3 Å². The van der Waals surface area contributed by atoms with Gasteiger partial charge in [0.1, 0.15) is 29.8 Å². The number of aromatic hydroxyl groups is 1. The van der Waals surface area contributed by atoms with E-state index in [9.17, 15) is 10.2 Å². The molecule has 5 atom stereocenters. The lowest BCUT2D eigenvalue weighted by Crippen LogP contribution is -2.63. The Hall–Kier alpha value is -1.38. The Balaban J connectivity index is 2.08. The fourth-order valence-electron chi connectivity index (χ4n) is 1.87. The molecule has 1 aliphatic heterocycles. The molecule has 106 valence electrons. The minimum absolute atomic E-state index is 0.0879. The molecule has 1 saturated heterocycles. The van der Waals surface area contributed by atoms with Crippen LogP contribution in [-0.4, -0.2) is 57.7 Å². The number of ether oxygens (including phenoxy) is 2. The van der Waals surface area contributed by atoms with Crippen LogP contribution in [0.1, 0.15) is 0 Å². The van der Waals surface area contributed by atoms with E-state index in [0.29, 0.717) is 5.75 Å². The summed E-state index contributed by atoms with van der Waals surface area (Å²) in [5, 5.41) is 37.6. The van der Waals surface area contributed by atoms with E-state index in [1.807, 2.05) is 0 Å². The molecule has 19 heavy (non-hydrogen) atoms. The van der Waals surface area contributed by atoms with Crippen molar-refractivity contribution in [1.29, 1.82) is 0 Å². The quantitative estimate of drug-likeness (QED) is 0.455. The van der Waals surface area contributed by atoms with Gasteiger partial charge in [0.05, 0.1) is 12.6 Å². The molecule has 6 N–H and O–H groups in total. The molecule has 1 heterocycles. The third kappa shape index (κ3) is 2.96. The minimum Gasteiger partial charge on any atom is -0.508 e. The highest BCUT2D eigenvalue weighted by Gasteiger charge is 2.43. The van der Waals surface area contributed by atoms with Gasteiger partial charge in [0, 0.05) is 0 Å². The van der Waals surface area contributed by atoms with E-state index in [1.165, 1.54) is 24.3 Å². The number of aliphatic hydroxyl groups excluding tert-OH is 3. The lowest BCUT2D eigenvalue weighted by Gasteiger charge is -2.40. The van der Waals surface area contributed by atoms with Crippen LogP contribution in [0.25, 0.3) is 0 Å². The first-order chi connectivity index (χ1) is 9.02. The van der Waals surface area contributed by atoms with E-state index in [4.69, 9.17) is 25.4 Å². The second-order valence-corrected chi connectivity index (χ2v) is 4.40. The van der Waals surface area contributed by atoms with E-state index in [0.717, 1.165) is 0 Å². The predicted molar refractivity (Wildman–Crippen MR) is 64.5 cm³/mol. The number of nitrogens with two attached hydrogens (primary N) is 1. The van der Waals surface area contributed by atoms with Crippen LogP contribution in [0.4, 0.5) is 0 Å². The summed E-state index contributed by atoms with van der Waals surface area (Å²) in [7, 11) is 0. The Morgan fingerprint density at radius 1 is 1.16 bits per heavy atom. The van der Waals surface area contributed by atoms with Crippen molar-refractivity contribution in [2.45, 2.75) is 30.6 Å². The monoisotopic (exact) mass is 271 g/mol. The molecule has 7 heteroatoms. The normalized spacial score (nSPS) is 35.1. The van der Waals surface area contributed by atoms with Crippen LogP contribution >= 0.6 is 0 Å². The molecule has 1 aliphatic rings. The summed E-state index contributed by atoms with van der Waals surface area (Å²) in [4.78, 5) is 0. The SMILES string of the molecule is N[C@@H]1[C@H](Oc2ccc(O)cc2)O[C@@H](CO)[C@@H](O)[C@H]1O. The number of hydrogen-bond acceptors (Lipinski definition) is 7. The van der Waals surface area contributed by atoms with Crippen molar-refractivity contribution in [1.82, 2.24) is 0 Å². The lowest BCUT2D eigenvalue weighted by atomic mass is 9.98. The minimum atomic E-state index is -1.26. The zero-order valence-corrected chi connectivity index (χ0v) is 10.1. The van der Waals surface area contributed by atoms with Gasteiger partial charge in [-0.15, -0.1) is 0 Å². The van der Waals surface area contributed by atoms with Crippen molar-refractivity contribution in [3.8, 4) is 11.5 Å². The van der Waals surface area contributed by atoms with Gasteiger partial charge in [0.25, 0.3) is 0 Å². The van der Waals surface area contributed by atoms with Crippen LogP contribution in [0.5, 0.6) is 11.5 Å². The van der Waals surface area contributed by atoms with E-state index in [2.05, 4.69) is 0 Å². The first-order valence-corrected chi connectivity index (χ1v) is 5.86. The van der Waals surface area contributed by atoms with E-state index in [-0.39, 0.29) is 5.75 Å². The third-order valence-electron chi connectivity index (χ3n) is 3.02. The predicted octanol–water partition coefficient (Wildman–Crippen LogP) is -1.46. The Morgan fingerprint density at radius 3 is 2.37 bits per heavy atom. The first kappa shape index (κ1) is 14.0. The van der Waals surface area contributed by atoms with Crippen molar-refractivity contribution in [2.75, 3.05) is 6.61 Å². The Morgan fingerprint density at radius 2 is 1.79 bits per heavy atom. The van der Waals surface area contributed by atoms with Crippen molar-refractivity contribution >= 4 is 0 Å². The summed E-state index contributed by atoms with van der Waals surface area (Å²) in [6.07, 6.45) is -4.48. The smallest absolute Gasteiger partial charge is 0.218 e. The molecule has 0 amide bonds. The molecule has 1 fully saturated rings. The highest BCUT2D eigenvalue weighted by molar-refractivity contribution is 5.30. The maximum atomic E-state index is 9.75. The number of aliphatic hydroxyl groups is 3. The number of rotatable bonds is 3. The fourth-order valence-corrected chi connectivity index (χ4v) is 1.87. The lowest BCUT2D eigenvalue weighted by molar-refractivity contribution is -0.239. The van der Waals surface area contributed by atoms with E-state index >= 15 is 0 Å². The Labute approximate surface area is 109 Å². The maximum absolute atomic E-state index is 9.75. The molecule has 7 nitrogen and oxygen atoms in total. The molecule has 0 saturated carbocycles. The van der Waals surface area contributed by atoms with E-state index in [1.54, 1.807) is 0 Å². The molecular formula is C12H17NO6. The van der Waals surface area contributed by atoms with Gasteiger partial charge < -0.3 is 35.6 Å². The zero-order chi connectivity index (χ0) is 14.0. The van der Waals surface area contributed by atoms with Gasteiger partial charge in [-0.1, -0.05) is 0 Å². The molecule has 2 rings (SSSR count). The Kier molecular flexibility index (Phi) is 4.23. The summed E-state index contributed by atoms with van der Waals surface area (Å²) in [6.45, 7) is -0.458. The van der Waals surface area contributed by atoms with Crippen LogP contribution in [0.15, 0.2) is 24.3 Å². The van der Waals surface area contributed by atoms with Crippen LogP contribution < -0.4 is 10.5 Å². The van der Waals surface area contributed by atoms with Crippen LogP contribution in [0.2, 0.25) is 0 Å². The van der Waals surface area contributed by atoms with E-state index < -0.39 is 37.3 Å². The molecule has 0 aromatic heterocycles. The summed E-state index contributed by atoms with van der Waals surface area (Å²) in [5.74, 6) is 0.475. The summed E-state index contributed by atoms with van der Waals surface area (Å²) < 4.78 is 10.7. The molecule has 1 aromatic rings. The van der Waals surface area contributed by atoms with Gasteiger partial charge >= 0.3 is 0 Å². The number of phenols is 1. The van der Waals surface area contributed by atoms with Gasteiger partial charge in [-0.3, -0.25) is 0 Å². The van der Waals surface area contributed by atoms with Crippen LogP contribution in [0.3, 0.4) is 0 Å². The largest absolute Gasteiger partial charge is 0.508 e. The third-order valence-corrected chi connectivity index (χ3v) is 3.02. The molecule has 0 aliphatic carbocycles. The topological polar surface area (TPSA) is 125 Å². The standard InChI is InChI=1S/C12H17NO6/c13-9-11(17)10(16)8(5-14)19-12(9)18-7-3-1-6(15)2-4-7/h1-4,8-12,14-17H,5,13H2/t8-,9-,10+,11-,12+/m0/s1. The van der Waals surface area contributed by atoms with Crippen molar-refractivity contribution in [2.24, 2.45) is 5.73 Å². The number of benzene rings is 1. The van der Waals surface area contributed by atoms with Gasteiger partial charge in [-0.05, 0) is 24.3 Å². The second-order valence-electron chi connectivity index (χ2n) is 4.40. The molecule has 1 aromatic carbocycles. The summed E-state index contributed by atoms with van der Waals surface area (Å²) in [6, 6.07) is 4.93. The summed E-state index contributed by atoms with van der Waals surface area (Å²) >= 11 is 0. The second kappa shape index (κ2) is 5.72. The van der Waals surface area contributed by atoms with Gasteiger partial charge in [-0.25, -0.2) is 0 Å². The summed E-state index contributed by atoms with van der Waals surface area (Å²) in [5.41, 5.74) is 5.72. The molecular weight excluding hydrogens is 254 g/mol. The molecule has 0 spiro atoms. The number of phenolic OH excluding ortho intramolecular Hbond substituents is 1. The van der Waals surface area contributed by atoms with Crippen molar-refractivity contribution < 1.29 is 29.9 Å². The zero-order valence-electron chi connectivity index (χ0n) is 10.1.